The lowest BCUT2D eigenvalue weighted by Gasteiger charge is -2.24. The SMILES string of the molecule is C[C@H]1Cc2ccccc2N1Cc1occc1C(=O)NCCCOC1CCCCC1. The highest BCUT2D eigenvalue weighted by atomic mass is 16.5. The molecule has 1 atom stereocenters. The van der Waals surface area contributed by atoms with Crippen LogP contribution in [0.1, 0.15) is 67.1 Å². The second kappa shape index (κ2) is 9.49. The van der Waals surface area contributed by atoms with E-state index in [1.165, 1.54) is 43.4 Å². The Balaban J connectivity index is 1.27. The molecule has 1 aromatic carbocycles. The smallest absolute Gasteiger partial charge is 0.254 e. The van der Waals surface area contributed by atoms with Gasteiger partial charge in [0.1, 0.15) is 5.76 Å². The van der Waals surface area contributed by atoms with Gasteiger partial charge >= 0.3 is 0 Å². The van der Waals surface area contributed by atoms with Crippen molar-refractivity contribution in [3.8, 4) is 0 Å². The maximum absolute atomic E-state index is 12.7. The molecule has 2 aromatic rings. The highest BCUT2D eigenvalue weighted by Crippen LogP contribution is 2.33. The average molecular weight is 397 g/mol. The van der Waals surface area contributed by atoms with Crippen LogP contribution in [-0.4, -0.2) is 31.2 Å². The summed E-state index contributed by atoms with van der Waals surface area (Å²) in [6.45, 7) is 4.16. The van der Waals surface area contributed by atoms with Crippen LogP contribution < -0.4 is 10.2 Å². The molecule has 2 heterocycles. The molecule has 0 unspecified atom stereocenters. The maximum atomic E-state index is 12.7. The molecule has 0 spiro atoms. The minimum Gasteiger partial charge on any atom is -0.467 e. The maximum Gasteiger partial charge on any atom is 0.254 e. The Labute approximate surface area is 173 Å². The Morgan fingerprint density at radius 2 is 2.03 bits per heavy atom. The van der Waals surface area contributed by atoms with Crippen molar-refractivity contribution in [3.63, 3.8) is 0 Å². The normalized spacial score (nSPS) is 19.3. The molecule has 2 aliphatic rings. The van der Waals surface area contributed by atoms with Crippen LogP contribution in [0.2, 0.25) is 0 Å². The van der Waals surface area contributed by atoms with E-state index in [0.717, 1.165) is 18.6 Å². The van der Waals surface area contributed by atoms with Crippen molar-refractivity contribution in [2.75, 3.05) is 18.1 Å². The third-order valence-electron chi connectivity index (χ3n) is 6.16. The number of hydrogen-bond donors (Lipinski definition) is 1. The van der Waals surface area contributed by atoms with Gasteiger partial charge in [-0.15, -0.1) is 0 Å². The van der Waals surface area contributed by atoms with E-state index in [4.69, 9.17) is 9.15 Å². The van der Waals surface area contributed by atoms with E-state index in [-0.39, 0.29) is 5.91 Å². The molecule has 1 N–H and O–H groups in total. The van der Waals surface area contributed by atoms with Crippen LogP contribution in [0, 0.1) is 0 Å². The van der Waals surface area contributed by atoms with Crippen LogP contribution in [0.5, 0.6) is 0 Å². The molecule has 4 rings (SSSR count). The Bertz CT molecular complexity index is 810. The minimum atomic E-state index is -0.0634. The molecular formula is C24H32N2O3. The Kier molecular flexibility index (Phi) is 6.55. The first-order valence-electron chi connectivity index (χ1n) is 11.0. The number of furan rings is 1. The fraction of sp³-hybridized carbons (Fsp3) is 0.542. The molecule has 5 nitrogen and oxygen atoms in total. The second-order valence-electron chi connectivity index (χ2n) is 8.31. The summed E-state index contributed by atoms with van der Waals surface area (Å²) in [5.41, 5.74) is 3.23. The van der Waals surface area contributed by atoms with Crippen LogP contribution in [0.25, 0.3) is 0 Å². The van der Waals surface area contributed by atoms with Crippen LogP contribution in [0.4, 0.5) is 5.69 Å². The number of carbonyl (C=O) groups is 1. The molecule has 5 heteroatoms. The third-order valence-corrected chi connectivity index (χ3v) is 6.16. The van der Waals surface area contributed by atoms with E-state index in [9.17, 15) is 4.79 Å². The molecule has 1 fully saturated rings. The molecule has 1 saturated carbocycles. The standard InChI is InChI=1S/C24H32N2O3/c1-18-16-19-8-5-6-11-22(19)26(18)17-23-21(12-15-29-23)24(27)25-13-7-14-28-20-9-3-2-4-10-20/h5-6,8,11-12,15,18,20H,2-4,7,9-10,13-14,16-17H2,1H3,(H,25,27)/t18-/m0/s1. The predicted octanol–water partition coefficient (Wildman–Crippen LogP) is 4.70. The van der Waals surface area contributed by atoms with Crippen LogP contribution in [0.3, 0.4) is 0 Å². The van der Waals surface area contributed by atoms with E-state index in [0.29, 0.717) is 37.4 Å². The first kappa shape index (κ1) is 20.0. The van der Waals surface area contributed by atoms with Gasteiger partial charge in [-0.05, 0) is 50.3 Å². The van der Waals surface area contributed by atoms with Gasteiger partial charge in [0.25, 0.3) is 5.91 Å². The summed E-state index contributed by atoms with van der Waals surface area (Å²) < 4.78 is 11.6. The summed E-state index contributed by atoms with van der Waals surface area (Å²) >= 11 is 0. The van der Waals surface area contributed by atoms with Gasteiger partial charge in [0.2, 0.25) is 0 Å². The minimum absolute atomic E-state index is 0.0634. The first-order valence-corrected chi connectivity index (χ1v) is 11.0. The molecule has 1 amide bonds. The van der Waals surface area contributed by atoms with E-state index < -0.39 is 0 Å². The van der Waals surface area contributed by atoms with Gasteiger partial charge in [-0.3, -0.25) is 4.79 Å². The van der Waals surface area contributed by atoms with Gasteiger partial charge in [0, 0.05) is 24.9 Å². The molecule has 156 valence electrons. The number of anilines is 1. The van der Waals surface area contributed by atoms with E-state index >= 15 is 0 Å². The predicted molar refractivity (Wildman–Crippen MR) is 114 cm³/mol. The molecule has 1 aliphatic heterocycles. The van der Waals surface area contributed by atoms with Gasteiger partial charge in [-0.1, -0.05) is 37.5 Å². The number of fused-ring (bicyclic) bond motifs is 1. The van der Waals surface area contributed by atoms with Gasteiger partial charge in [-0.2, -0.15) is 0 Å². The summed E-state index contributed by atoms with van der Waals surface area (Å²) in [6, 6.07) is 10.6. The van der Waals surface area contributed by atoms with Crippen LogP contribution >= 0.6 is 0 Å². The van der Waals surface area contributed by atoms with Crippen molar-refractivity contribution < 1.29 is 13.9 Å². The van der Waals surface area contributed by atoms with Gasteiger partial charge in [-0.25, -0.2) is 0 Å². The quantitative estimate of drug-likeness (QED) is 0.657. The van der Waals surface area contributed by atoms with E-state index in [1.807, 2.05) is 0 Å². The number of para-hydroxylation sites is 1. The zero-order chi connectivity index (χ0) is 20.1. The summed E-state index contributed by atoms with van der Waals surface area (Å²) in [4.78, 5) is 15.0. The van der Waals surface area contributed by atoms with Crippen molar-refractivity contribution in [1.82, 2.24) is 5.32 Å². The second-order valence-corrected chi connectivity index (χ2v) is 8.31. The highest BCUT2D eigenvalue weighted by Gasteiger charge is 2.27. The monoisotopic (exact) mass is 396 g/mol. The number of amides is 1. The Morgan fingerprint density at radius 3 is 2.90 bits per heavy atom. The molecule has 0 bridgehead atoms. The summed E-state index contributed by atoms with van der Waals surface area (Å²) in [6.07, 6.45) is 10.2. The lowest BCUT2D eigenvalue weighted by atomic mass is 9.98. The molecule has 29 heavy (non-hydrogen) atoms. The fourth-order valence-corrected chi connectivity index (χ4v) is 4.54. The molecule has 0 radical (unpaired) electrons. The van der Waals surface area contributed by atoms with Crippen molar-refractivity contribution in [2.24, 2.45) is 0 Å². The Hall–Kier alpha value is -2.27. The van der Waals surface area contributed by atoms with Gasteiger partial charge in [0.15, 0.2) is 0 Å². The molecule has 0 saturated heterocycles. The highest BCUT2D eigenvalue weighted by molar-refractivity contribution is 5.95. The summed E-state index contributed by atoms with van der Waals surface area (Å²) in [7, 11) is 0. The van der Waals surface area contributed by atoms with Crippen molar-refractivity contribution in [1.29, 1.82) is 0 Å². The van der Waals surface area contributed by atoms with Gasteiger partial charge in [0.05, 0.1) is 24.5 Å². The van der Waals surface area contributed by atoms with Crippen LogP contribution in [0.15, 0.2) is 41.0 Å². The zero-order valence-electron chi connectivity index (χ0n) is 17.4. The topological polar surface area (TPSA) is 54.7 Å². The summed E-state index contributed by atoms with van der Waals surface area (Å²) in [5.74, 6) is 0.663. The van der Waals surface area contributed by atoms with Gasteiger partial charge < -0.3 is 19.4 Å². The number of carbonyl (C=O) groups excluding carboxylic acids is 1. The number of nitrogens with zero attached hydrogens (tertiary/aromatic N) is 1. The fourth-order valence-electron chi connectivity index (χ4n) is 4.54. The van der Waals surface area contributed by atoms with E-state index in [2.05, 4.69) is 41.4 Å². The third kappa shape index (κ3) is 4.84. The average Bonchev–Trinajstić information content (AvgIpc) is 3.33. The lowest BCUT2D eigenvalue weighted by molar-refractivity contribution is 0.0273. The Morgan fingerprint density at radius 1 is 1.21 bits per heavy atom. The zero-order valence-corrected chi connectivity index (χ0v) is 17.4. The first-order chi connectivity index (χ1) is 14.2. The number of nitrogens with one attached hydrogen (secondary N) is 1. The number of benzene rings is 1. The van der Waals surface area contributed by atoms with Crippen molar-refractivity contribution in [2.45, 2.75) is 70.6 Å². The number of ether oxygens (including phenoxy) is 1. The molecule has 1 aliphatic carbocycles. The van der Waals surface area contributed by atoms with Crippen molar-refractivity contribution >= 4 is 11.6 Å². The van der Waals surface area contributed by atoms with Crippen molar-refractivity contribution in [3.05, 3.63) is 53.5 Å². The lowest BCUT2D eigenvalue weighted by Crippen LogP contribution is -2.31. The largest absolute Gasteiger partial charge is 0.467 e. The molecule has 1 aromatic heterocycles. The molecular weight excluding hydrogens is 364 g/mol. The number of rotatable bonds is 8. The van der Waals surface area contributed by atoms with Crippen LogP contribution in [-0.2, 0) is 17.7 Å². The summed E-state index contributed by atoms with van der Waals surface area (Å²) in [5, 5.41) is 3.02. The van der Waals surface area contributed by atoms with E-state index in [1.54, 1.807) is 12.3 Å². The number of hydrogen-bond acceptors (Lipinski definition) is 4.